The smallest absolute Gasteiger partial charge is 0.268 e. The number of aliphatic hydroxyl groups excluding tert-OH is 1. The van der Waals surface area contributed by atoms with Crippen molar-refractivity contribution in [1.82, 2.24) is 20.0 Å². The van der Waals surface area contributed by atoms with E-state index in [1.165, 1.54) is 25.5 Å². The molecule has 2 aliphatic rings. The van der Waals surface area contributed by atoms with E-state index in [0.717, 1.165) is 6.42 Å². The summed E-state index contributed by atoms with van der Waals surface area (Å²) in [5.41, 5.74) is 0.881. The lowest BCUT2D eigenvalue weighted by Gasteiger charge is -2.34. The first kappa shape index (κ1) is 24.7. The van der Waals surface area contributed by atoms with Gasteiger partial charge >= 0.3 is 0 Å². The minimum Gasteiger partial charge on any atom is -0.481 e. The van der Waals surface area contributed by atoms with Gasteiger partial charge in [0.15, 0.2) is 6.23 Å². The third-order valence-electron chi connectivity index (χ3n) is 6.06. The number of allylic oxidation sites excluding steroid dienone is 2. The van der Waals surface area contributed by atoms with Crippen molar-refractivity contribution in [3.05, 3.63) is 59.2 Å². The fourth-order valence-corrected chi connectivity index (χ4v) is 5.63. The fourth-order valence-electron chi connectivity index (χ4n) is 4.54. The van der Waals surface area contributed by atoms with Gasteiger partial charge in [-0.25, -0.2) is 23.1 Å². The molecule has 0 saturated carbocycles. The topological polar surface area (TPSA) is 134 Å². The summed E-state index contributed by atoms with van der Waals surface area (Å²) in [6.07, 6.45) is 3.51. The second kappa shape index (κ2) is 9.31. The highest BCUT2D eigenvalue weighted by Gasteiger charge is 2.39. The second-order valence-electron chi connectivity index (χ2n) is 9.30. The summed E-state index contributed by atoms with van der Waals surface area (Å²) in [6, 6.07) is 8.48. The number of sulfonamides is 1. The molecule has 1 amide bonds. The summed E-state index contributed by atoms with van der Waals surface area (Å²) in [5.74, 6) is 0.308. The summed E-state index contributed by atoms with van der Waals surface area (Å²) in [4.78, 5) is 24.2. The van der Waals surface area contributed by atoms with Gasteiger partial charge in [-0.1, -0.05) is 13.0 Å². The number of dihydropyridines is 1. The summed E-state index contributed by atoms with van der Waals surface area (Å²) in [7, 11) is -2.78. The summed E-state index contributed by atoms with van der Waals surface area (Å²) < 4.78 is 33.0. The molecule has 3 N–H and O–H groups in total. The zero-order valence-corrected chi connectivity index (χ0v) is 20.8. The summed E-state index contributed by atoms with van der Waals surface area (Å²) in [5, 5.41) is 12.5. The Balaban J connectivity index is 1.76. The van der Waals surface area contributed by atoms with Crippen molar-refractivity contribution < 1.29 is 23.1 Å². The Bertz CT molecular complexity index is 1310. The van der Waals surface area contributed by atoms with Gasteiger partial charge in [-0.05, 0) is 62.7 Å². The summed E-state index contributed by atoms with van der Waals surface area (Å²) in [6.45, 7) is 6.90. The van der Waals surface area contributed by atoms with Crippen LogP contribution in [0.15, 0.2) is 53.6 Å². The van der Waals surface area contributed by atoms with Crippen LogP contribution in [0, 0.1) is 5.92 Å². The zero-order chi connectivity index (χ0) is 25.4. The highest BCUT2D eigenvalue weighted by atomic mass is 32.2. The molecule has 4 rings (SSSR count). The first-order chi connectivity index (χ1) is 16.5. The first-order valence-electron chi connectivity index (χ1n) is 11.2. The highest BCUT2D eigenvalue weighted by Crippen LogP contribution is 2.38. The van der Waals surface area contributed by atoms with Crippen LogP contribution in [0.2, 0.25) is 0 Å². The number of ether oxygens (including phenoxy) is 1. The molecule has 2 aliphatic heterocycles. The van der Waals surface area contributed by atoms with Crippen LogP contribution in [0.4, 0.5) is 5.82 Å². The molecule has 1 unspecified atom stereocenters. The number of anilines is 1. The van der Waals surface area contributed by atoms with Crippen molar-refractivity contribution in [2.45, 2.75) is 39.0 Å². The Hall–Kier alpha value is -3.44. The van der Waals surface area contributed by atoms with E-state index in [-0.39, 0.29) is 16.0 Å². The largest absolute Gasteiger partial charge is 0.481 e. The molecular formula is C24H29N5O5S. The van der Waals surface area contributed by atoms with Crippen LogP contribution in [0.1, 0.15) is 37.6 Å². The predicted molar refractivity (Wildman–Crippen MR) is 132 cm³/mol. The minimum atomic E-state index is -4.31. The van der Waals surface area contributed by atoms with E-state index in [4.69, 9.17) is 9.72 Å². The number of methoxy groups -OCH3 is 1. The lowest BCUT2D eigenvalue weighted by molar-refractivity contribution is 0.0981. The average Bonchev–Trinajstić information content (AvgIpc) is 3.10. The van der Waals surface area contributed by atoms with Gasteiger partial charge in [0.25, 0.3) is 15.9 Å². The number of carbonyl (C=O) groups excluding carboxylic acids is 1. The number of amides is 1. The van der Waals surface area contributed by atoms with Crippen LogP contribution in [-0.2, 0) is 10.0 Å². The van der Waals surface area contributed by atoms with Gasteiger partial charge in [0, 0.05) is 18.2 Å². The van der Waals surface area contributed by atoms with Crippen molar-refractivity contribution in [3.63, 3.8) is 0 Å². The van der Waals surface area contributed by atoms with Crippen LogP contribution in [-0.4, -0.2) is 54.8 Å². The van der Waals surface area contributed by atoms with E-state index in [2.05, 4.69) is 35.8 Å². The fraction of sp³-hybridized carbons (Fsp3) is 0.375. The monoisotopic (exact) mass is 499 g/mol. The zero-order valence-electron chi connectivity index (χ0n) is 20.0. The van der Waals surface area contributed by atoms with E-state index < -0.39 is 22.2 Å². The second-order valence-corrected chi connectivity index (χ2v) is 11.0. The molecule has 0 spiro atoms. The third kappa shape index (κ3) is 5.01. The van der Waals surface area contributed by atoms with Crippen molar-refractivity contribution in [2.75, 3.05) is 18.6 Å². The Morgan fingerprint density at radius 1 is 1.23 bits per heavy atom. The van der Waals surface area contributed by atoms with Crippen LogP contribution in [0.5, 0.6) is 5.88 Å². The normalized spacial score (nSPS) is 21.3. The van der Waals surface area contributed by atoms with E-state index in [9.17, 15) is 18.3 Å². The van der Waals surface area contributed by atoms with E-state index in [1.54, 1.807) is 30.3 Å². The van der Waals surface area contributed by atoms with Crippen LogP contribution < -0.4 is 19.7 Å². The van der Waals surface area contributed by atoms with Crippen molar-refractivity contribution >= 4 is 21.7 Å². The maximum absolute atomic E-state index is 13.3. The number of hydrogen-bond acceptors (Lipinski definition) is 9. The number of aromatic nitrogens is 2. The molecule has 186 valence electrons. The number of aliphatic hydroxyl groups is 1. The third-order valence-corrected chi connectivity index (χ3v) is 7.50. The molecule has 11 heteroatoms. The number of hydrogen-bond donors (Lipinski definition) is 3. The van der Waals surface area contributed by atoms with Crippen LogP contribution in [0.3, 0.4) is 0 Å². The lowest BCUT2D eigenvalue weighted by Crippen LogP contribution is -2.42. The van der Waals surface area contributed by atoms with Gasteiger partial charge < -0.3 is 20.1 Å². The van der Waals surface area contributed by atoms with Crippen molar-refractivity contribution in [2.24, 2.45) is 5.92 Å². The van der Waals surface area contributed by atoms with Gasteiger partial charge in [0.05, 0.1) is 24.1 Å². The number of pyridine rings is 2. The molecule has 0 radical (unpaired) electrons. The molecule has 0 aliphatic carbocycles. The number of nitrogens with zero attached hydrogens (tertiary/aromatic N) is 3. The van der Waals surface area contributed by atoms with Crippen LogP contribution in [0.25, 0.3) is 11.4 Å². The van der Waals surface area contributed by atoms with Crippen LogP contribution >= 0.6 is 0 Å². The molecule has 2 aromatic heterocycles. The highest BCUT2D eigenvalue weighted by molar-refractivity contribution is 7.94. The maximum atomic E-state index is 13.3. The average molecular weight is 500 g/mol. The SMILES string of the molecule is COc1cccc(-c2ccc(C(=O)NS(=O)(=O)C3=CC=CNC3O)c(N3C[C@@H](C)CC3(C)C)n2)n1. The first-order valence-corrected chi connectivity index (χ1v) is 12.7. The molecule has 1 saturated heterocycles. The number of carbonyl (C=O) groups is 1. The lowest BCUT2D eigenvalue weighted by atomic mass is 9.97. The molecule has 2 atom stereocenters. The maximum Gasteiger partial charge on any atom is 0.268 e. The molecule has 2 aromatic rings. The number of rotatable bonds is 6. The molecule has 1 fully saturated rings. The molecular weight excluding hydrogens is 470 g/mol. The summed E-state index contributed by atoms with van der Waals surface area (Å²) >= 11 is 0. The quantitative estimate of drug-likeness (QED) is 0.547. The van der Waals surface area contributed by atoms with Gasteiger partial charge in [0.2, 0.25) is 5.88 Å². The number of nitrogens with one attached hydrogen (secondary N) is 2. The van der Waals surface area contributed by atoms with E-state index >= 15 is 0 Å². The van der Waals surface area contributed by atoms with E-state index in [1.807, 2.05) is 4.90 Å². The minimum absolute atomic E-state index is 0.108. The van der Waals surface area contributed by atoms with Crippen molar-refractivity contribution in [3.8, 4) is 17.3 Å². The Morgan fingerprint density at radius 2 is 1.97 bits per heavy atom. The van der Waals surface area contributed by atoms with Gasteiger partial charge in [-0.2, -0.15) is 0 Å². The Morgan fingerprint density at radius 3 is 2.63 bits per heavy atom. The predicted octanol–water partition coefficient (Wildman–Crippen LogP) is 2.16. The van der Waals surface area contributed by atoms with E-state index in [0.29, 0.717) is 35.5 Å². The van der Waals surface area contributed by atoms with Crippen molar-refractivity contribution in [1.29, 1.82) is 0 Å². The van der Waals surface area contributed by atoms with Gasteiger partial charge in [-0.3, -0.25) is 4.79 Å². The Labute approximate surface area is 204 Å². The molecule has 0 aromatic carbocycles. The molecule has 35 heavy (non-hydrogen) atoms. The van der Waals surface area contributed by atoms with Gasteiger partial charge in [0.1, 0.15) is 10.7 Å². The molecule has 10 nitrogen and oxygen atoms in total. The standard InChI is InChI=1S/C24H29N5O5S/c1-15-13-24(2,3)29(14-15)21-16(10-11-18(27-21)17-7-5-9-20(26-17)34-4)22(30)28-35(32,33)19-8-6-12-25-23(19)31/h5-12,15,23,25,31H,13-14H2,1-4H3,(H,28,30)/t15-,23?/m0/s1. The van der Waals surface area contributed by atoms with Gasteiger partial charge in [-0.15, -0.1) is 0 Å². The molecule has 0 bridgehead atoms. The Kier molecular flexibility index (Phi) is 6.56. The molecule has 4 heterocycles.